The molecule has 0 fully saturated rings. The Bertz CT molecular complexity index is 521. The van der Waals surface area contributed by atoms with E-state index >= 15 is 0 Å². The molecular weight excluding hydrogens is 290 g/mol. The van der Waals surface area contributed by atoms with Gasteiger partial charge in [0.25, 0.3) is 0 Å². The molecule has 0 aromatic carbocycles. The lowest BCUT2D eigenvalue weighted by atomic mass is 10.2. The number of ether oxygens (including phenoxy) is 1. The van der Waals surface area contributed by atoms with E-state index in [-0.39, 0.29) is 16.3 Å². The van der Waals surface area contributed by atoms with E-state index in [1.165, 1.54) is 18.6 Å². The summed E-state index contributed by atoms with van der Waals surface area (Å²) < 4.78 is 30.9. The van der Waals surface area contributed by atoms with Gasteiger partial charge in [0.15, 0.2) is 0 Å². The maximum atomic E-state index is 12.0. The molecule has 1 aromatic rings. The molecule has 0 amide bonds. The second-order valence-electron chi connectivity index (χ2n) is 3.99. The molecule has 2 N–H and O–H groups in total. The zero-order valence-electron chi connectivity index (χ0n) is 10.8. The average Bonchev–Trinajstić information content (AvgIpc) is 2.83. The van der Waals surface area contributed by atoms with Gasteiger partial charge in [-0.15, -0.1) is 11.3 Å². The quantitative estimate of drug-likeness (QED) is 0.578. The molecule has 1 unspecified atom stereocenters. The van der Waals surface area contributed by atoms with Crippen molar-refractivity contribution in [3.63, 3.8) is 0 Å². The highest BCUT2D eigenvalue weighted by molar-refractivity contribution is 7.89. The molecule has 0 aliphatic rings. The van der Waals surface area contributed by atoms with Crippen LogP contribution in [0.2, 0.25) is 0 Å². The molecule has 1 atom stereocenters. The van der Waals surface area contributed by atoms with E-state index in [0.29, 0.717) is 12.8 Å². The van der Waals surface area contributed by atoms with Crippen molar-refractivity contribution in [1.82, 2.24) is 4.72 Å². The number of carbonyl (C=O) groups excluding carboxylic acids is 1. The fourth-order valence-electron chi connectivity index (χ4n) is 1.43. The third kappa shape index (κ3) is 4.57. The first-order valence-electron chi connectivity index (χ1n) is 5.72. The summed E-state index contributed by atoms with van der Waals surface area (Å²) in [4.78, 5) is 11.4. The van der Waals surface area contributed by atoms with Crippen molar-refractivity contribution in [2.45, 2.75) is 30.8 Å². The van der Waals surface area contributed by atoms with Crippen LogP contribution in [0.3, 0.4) is 0 Å². The predicted molar refractivity (Wildman–Crippen MR) is 71.8 cm³/mol. The van der Waals surface area contributed by atoms with Gasteiger partial charge in [-0.2, -0.15) is 0 Å². The topological polar surface area (TPSA) is 92.7 Å². The highest BCUT2D eigenvalue weighted by Gasteiger charge is 2.24. The second kappa shape index (κ2) is 6.99. The minimum absolute atomic E-state index is 0.0607. The van der Waals surface area contributed by atoms with Crippen LogP contribution >= 0.6 is 11.3 Å². The van der Waals surface area contributed by atoms with E-state index in [1.807, 2.05) is 0 Å². The zero-order valence-corrected chi connectivity index (χ0v) is 12.4. The monoisotopic (exact) mass is 307 g/mol. The van der Waals surface area contributed by atoms with Gasteiger partial charge in [-0.25, -0.2) is 17.9 Å². The SMILES string of the molecule is COC(=O)c1sccc1S(=O)(=O)NCCCC(C)O. The molecule has 108 valence electrons. The minimum atomic E-state index is -3.72. The van der Waals surface area contributed by atoms with E-state index in [0.717, 1.165) is 11.3 Å². The van der Waals surface area contributed by atoms with Crippen molar-refractivity contribution in [2.24, 2.45) is 0 Å². The van der Waals surface area contributed by atoms with E-state index in [9.17, 15) is 13.2 Å². The van der Waals surface area contributed by atoms with Crippen LogP contribution in [0.5, 0.6) is 0 Å². The fourth-order valence-corrected chi connectivity index (χ4v) is 3.84. The average molecular weight is 307 g/mol. The number of hydrogen-bond donors (Lipinski definition) is 2. The first-order chi connectivity index (χ1) is 8.88. The lowest BCUT2D eigenvalue weighted by molar-refractivity contribution is 0.0602. The molecule has 19 heavy (non-hydrogen) atoms. The normalized spacial score (nSPS) is 13.2. The fraction of sp³-hybridized carbons (Fsp3) is 0.545. The largest absolute Gasteiger partial charge is 0.465 e. The Kier molecular flexibility index (Phi) is 5.92. The number of rotatable bonds is 7. The Hall–Kier alpha value is -0.960. The lowest BCUT2D eigenvalue weighted by Crippen LogP contribution is -2.26. The summed E-state index contributed by atoms with van der Waals surface area (Å²) in [6, 6.07) is 1.37. The number of nitrogens with one attached hydrogen (secondary N) is 1. The summed E-state index contributed by atoms with van der Waals surface area (Å²) in [7, 11) is -2.52. The van der Waals surface area contributed by atoms with E-state index in [2.05, 4.69) is 9.46 Å². The molecule has 0 radical (unpaired) electrons. The molecule has 1 aromatic heterocycles. The summed E-state index contributed by atoms with van der Waals surface area (Å²) in [5.41, 5.74) is 0. The molecule has 1 heterocycles. The summed E-state index contributed by atoms with van der Waals surface area (Å²) in [6.45, 7) is 1.85. The predicted octanol–water partition coefficient (Wildman–Crippen LogP) is 0.974. The molecule has 8 heteroatoms. The Morgan fingerprint density at radius 3 is 2.84 bits per heavy atom. The van der Waals surface area contributed by atoms with Crippen LogP contribution in [0.25, 0.3) is 0 Å². The number of hydrogen-bond acceptors (Lipinski definition) is 6. The summed E-state index contributed by atoms with van der Waals surface area (Å²) >= 11 is 1.02. The van der Waals surface area contributed by atoms with Crippen LogP contribution < -0.4 is 4.72 Å². The number of thiophene rings is 1. The van der Waals surface area contributed by atoms with Gasteiger partial charge in [-0.05, 0) is 31.2 Å². The molecule has 0 aliphatic heterocycles. The van der Waals surface area contributed by atoms with Gasteiger partial charge in [0.1, 0.15) is 9.77 Å². The molecule has 1 rings (SSSR count). The number of carbonyl (C=O) groups is 1. The van der Waals surface area contributed by atoms with Crippen LogP contribution in [-0.2, 0) is 14.8 Å². The lowest BCUT2D eigenvalue weighted by Gasteiger charge is -2.07. The van der Waals surface area contributed by atoms with Crippen LogP contribution in [0, 0.1) is 0 Å². The van der Waals surface area contributed by atoms with Gasteiger partial charge < -0.3 is 9.84 Å². The van der Waals surface area contributed by atoms with E-state index < -0.39 is 22.1 Å². The Balaban J connectivity index is 2.73. The molecular formula is C11H17NO5S2. The third-order valence-electron chi connectivity index (χ3n) is 2.38. The van der Waals surface area contributed by atoms with Gasteiger partial charge in [0, 0.05) is 6.54 Å². The van der Waals surface area contributed by atoms with Crippen LogP contribution in [0.1, 0.15) is 29.4 Å². The number of aliphatic hydroxyl groups excluding tert-OH is 1. The molecule has 0 spiro atoms. The number of aliphatic hydroxyl groups is 1. The zero-order chi connectivity index (χ0) is 14.5. The van der Waals surface area contributed by atoms with Crippen LogP contribution in [0.15, 0.2) is 16.3 Å². The second-order valence-corrected chi connectivity index (χ2v) is 6.65. The number of esters is 1. The summed E-state index contributed by atoms with van der Waals surface area (Å²) in [6.07, 6.45) is 0.571. The first-order valence-corrected chi connectivity index (χ1v) is 8.08. The van der Waals surface area contributed by atoms with E-state index in [4.69, 9.17) is 5.11 Å². The van der Waals surface area contributed by atoms with Crippen LogP contribution in [0.4, 0.5) is 0 Å². The van der Waals surface area contributed by atoms with Crippen molar-refractivity contribution in [3.8, 4) is 0 Å². The minimum Gasteiger partial charge on any atom is -0.465 e. The van der Waals surface area contributed by atoms with Crippen molar-refractivity contribution >= 4 is 27.3 Å². The molecule has 6 nitrogen and oxygen atoms in total. The highest BCUT2D eigenvalue weighted by Crippen LogP contribution is 2.22. The first kappa shape index (κ1) is 16.1. The molecule has 0 aliphatic carbocycles. The van der Waals surface area contributed by atoms with Crippen LogP contribution in [-0.4, -0.2) is 39.3 Å². The van der Waals surface area contributed by atoms with Crippen molar-refractivity contribution in [2.75, 3.05) is 13.7 Å². The van der Waals surface area contributed by atoms with Gasteiger partial charge in [-0.3, -0.25) is 0 Å². The standard InChI is InChI=1S/C11H17NO5S2/c1-8(13)4-3-6-12-19(15,16)9-5-7-18-10(9)11(14)17-2/h5,7-8,12-13H,3-4,6H2,1-2H3. The maximum absolute atomic E-state index is 12.0. The molecule has 0 saturated heterocycles. The summed E-state index contributed by atoms with van der Waals surface area (Å²) in [5, 5.41) is 10.6. The van der Waals surface area contributed by atoms with Crippen molar-refractivity contribution in [3.05, 3.63) is 16.3 Å². The molecule has 0 bridgehead atoms. The van der Waals surface area contributed by atoms with Gasteiger partial charge >= 0.3 is 5.97 Å². The number of methoxy groups -OCH3 is 1. The Labute approximate surface area is 116 Å². The van der Waals surface area contributed by atoms with Gasteiger partial charge in [0.05, 0.1) is 13.2 Å². The van der Waals surface area contributed by atoms with E-state index in [1.54, 1.807) is 6.92 Å². The Morgan fingerprint density at radius 2 is 2.26 bits per heavy atom. The molecule has 0 saturated carbocycles. The number of sulfonamides is 1. The van der Waals surface area contributed by atoms with Gasteiger partial charge in [-0.1, -0.05) is 0 Å². The Morgan fingerprint density at radius 1 is 1.58 bits per heavy atom. The summed E-state index contributed by atoms with van der Waals surface area (Å²) in [5.74, 6) is -0.667. The van der Waals surface area contributed by atoms with Crippen molar-refractivity contribution in [1.29, 1.82) is 0 Å². The highest BCUT2D eigenvalue weighted by atomic mass is 32.2. The van der Waals surface area contributed by atoms with Gasteiger partial charge in [0.2, 0.25) is 10.0 Å². The van der Waals surface area contributed by atoms with Crippen molar-refractivity contribution < 1.29 is 23.1 Å². The smallest absolute Gasteiger partial charge is 0.349 e. The maximum Gasteiger partial charge on any atom is 0.349 e. The third-order valence-corrected chi connectivity index (χ3v) is 4.91.